The topological polar surface area (TPSA) is 65.7 Å². The van der Waals surface area contributed by atoms with E-state index in [2.05, 4.69) is 4.74 Å². The number of esters is 1. The molecule has 3 rings (SSSR count). The van der Waals surface area contributed by atoms with Crippen LogP contribution in [0.1, 0.15) is 12.5 Å². The van der Waals surface area contributed by atoms with E-state index in [1.54, 1.807) is 13.0 Å². The van der Waals surface area contributed by atoms with Crippen molar-refractivity contribution in [1.82, 2.24) is 0 Å². The van der Waals surface area contributed by atoms with Crippen molar-refractivity contribution in [2.75, 3.05) is 13.2 Å². The van der Waals surface area contributed by atoms with Crippen molar-refractivity contribution < 1.29 is 31.9 Å². The molecular formula is C20H14ClF3O5. The quantitative estimate of drug-likeness (QED) is 0.533. The second-order valence-corrected chi connectivity index (χ2v) is 6.30. The van der Waals surface area contributed by atoms with Gasteiger partial charge in [0.15, 0.2) is 17.6 Å². The molecule has 5 nitrogen and oxygen atoms in total. The number of fused-ring (bicyclic) bond motifs is 1. The van der Waals surface area contributed by atoms with E-state index in [0.29, 0.717) is 0 Å². The molecule has 0 aliphatic rings. The molecule has 0 radical (unpaired) electrons. The first kappa shape index (κ1) is 20.7. The van der Waals surface area contributed by atoms with Crippen LogP contribution in [-0.2, 0) is 15.7 Å². The van der Waals surface area contributed by atoms with E-state index in [9.17, 15) is 22.8 Å². The van der Waals surface area contributed by atoms with Gasteiger partial charge in [-0.1, -0.05) is 23.7 Å². The van der Waals surface area contributed by atoms with Crippen LogP contribution >= 0.6 is 11.6 Å². The van der Waals surface area contributed by atoms with Gasteiger partial charge in [-0.3, -0.25) is 4.79 Å². The van der Waals surface area contributed by atoms with Gasteiger partial charge in [-0.25, -0.2) is 4.79 Å². The summed E-state index contributed by atoms with van der Waals surface area (Å²) in [4.78, 5) is 23.8. The van der Waals surface area contributed by atoms with E-state index in [1.807, 2.05) is 0 Å². The van der Waals surface area contributed by atoms with Gasteiger partial charge in [-0.05, 0) is 31.2 Å². The third-order valence-electron chi connectivity index (χ3n) is 3.93. The standard InChI is InChI=1S/C20H14ClF3O5/c1-2-27-18(26)10-28-17-8-11(6-7-13(17)20(22,23)24)16-9-15(25)12-4-3-5-14(21)19(12)29-16/h3-9H,2,10H2,1H3. The molecule has 3 aromatic rings. The number of ether oxygens (including phenoxy) is 2. The van der Waals surface area contributed by atoms with Crippen LogP contribution in [0, 0.1) is 0 Å². The predicted molar refractivity (Wildman–Crippen MR) is 100 cm³/mol. The molecule has 0 bridgehead atoms. The van der Waals surface area contributed by atoms with Gasteiger partial charge in [-0.15, -0.1) is 0 Å². The molecule has 0 aliphatic heterocycles. The molecule has 0 unspecified atom stereocenters. The highest BCUT2D eigenvalue weighted by Gasteiger charge is 2.35. The molecule has 29 heavy (non-hydrogen) atoms. The molecule has 0 saturated heterocycles. The van der Waals surface area contributed by atoms with Gasteiger partial charge in [0.25, 0.3) is 0 Å². The fourth-order valence-electron chi connectivity index (χ4n) is 2.65. The fourth-order valence-corrected chi connectivity index (χ4v) is 2.87. The maximum Gasteiger partial charge on any atom is 0.419 e. The number of hydrogen-bond donors (Lipinski definition) is 0. The van der Waals surface area contributed by atoms with Gasteiger partial charge in [0, 0.05) is 11.6 Å². The molecule has 0 saturated carbocycles. The predicted octanol–water partition coefficient (Wildman–Crippen LogP) is 5.07. The van der Waals surface area contributed by atoms with Gasteiger partial charge in [-0.2, -0.15) is 13.2 Å². The van der Waals surface area contributed by atoms with Crippen molar-refractivity contribution in [3.8, 4) is 17.1 Å². The van der Waals surface area contributed by atoms with Crippen molar-refractivity contribution in [3.63, 3.8) is 0 Å². The number of hydrogen-bond acceptors (Lipinski definition) is 5. The average molecular weight is 427 g/mol. The maximum atomic E-state index is 13.3. The Kier molecular flexibility index (Phi) is 5.83. The minimum Gasteiger partial charge on any atom is -0.481 e. The first-order chi connectivity index (χ1) is 13.7. The summed E-state index contributed by atoms with van der Waals surface area (Å²) in [6.07, 6.45) is -4.71. The molecule has 0 fully saturated rings. The van der Waals surface area contributed by atoms with Crippen LogP contribution in [0.2, 0.25) is 5.02 Å². The molecule has 1 aromatic heterocycles. The zero-order chi connectivity index (χ0) is 21.2. The lowest BCUT2D eigenvalue weighted by Crippen LogP contribution is -2.17. The number of rotatable bonds is 5. The molecule has 9 heteroatoms. The maximum absolute atomic E-state index is 13.3. The Morgan fingerprint density at radius 1 is 1.17 bits per heavy atom. The first-order valence-electron chi connectivity index (χ1n) is 8.43. The number of carbonyl (C=O) groups excluding carboxylic acids is 1. The summed E-state index contributed by atoms with van der Waals surface area (Å²) in [7, 11) is 0. The molecule has 0 spiro atoms. The summed E-state index contributed by atoms with van der Waals surface area (Å²) in [5.74, 6) is -1.40. The van der Waals surface area contributed by atoms with Crippen LogP contribution in [0.15, 0.2) is 51.7 Å². The summed E-state index contributed by atoms with van der Waals surface area (Å²) < 4.78 is 55.2. The lowest BCUT2D eigenvalue weighted by Gasteiger charge is -2.15. The van der Waals surface area contributed by atoms with E-state index >= 15 is 0 Å². The molecule has 0 aliphatic carbocycles. The molecule has 2 aromatic carbocycles. The first-order valence-corrected chi connectivity index (χ1v) is 8.81. The van der Waals surface area contributed by atoms with E-state index in [-0.39, 0.29) is 33.9 Å². The van der Waals surface area contributed by atoms with E-state index in [0.717, 1.165) is 24.3 Å². The van der Waals surface area contributed by atoms with Crippen LogP contribution in [0.5, 0.6) is 5.75 Å². The summed E-state index contributed by atoms with van der Waals surface area (Å²) in [5, 5.41) is 0.430. The third kappa shape index (κ3) is 4.54. The summed E-state index contributed by atoms with van der Waals surface area (Å²) in [5.41, 5.74) is -1.22. The van der Waals surface area contributed by atoms with E-state index < -0.39 is 35.5 Å². The van der Waals surface area contributed by atoms with Gasteiger partial charge in [0.1, 0.15) is 11.5 Å². The summed E-state index contributed by atoms with van der Waals surface area (Å²) in [6, 6.07) is 8.75. The highest BCUT2D eigenvalue weighted by molar-refractivity contribution is 6.34. The summed E-state index contributed by atoms with van der Waals surface area (Å²) in [6.45, 7) is 0.928. The molecule has 152 valence electrons. The van der Waals surface area contributed by atoms with Crippen LogP contribution in [0.3, 0.4) is 0 Å². The van der Waals surface area contributed by atoms with Crippen molar-refractivity contribution >= 4 is 28.5 Å². The van der Waals surface area contributed by atoms with Crippen LogP contribution < -0.4 is 10.2 Å². The highest BCUT2D eigenvalue weighted by Crippen LogP contribution is 2.39. The third-order valence-corrected chi connectivity index (χ3v) is 4.23. The molecular weight excluding hydrogens is 413 g/mol. The molecule has 0 atom stereocenters. The van der Waals surface area contributed by atoms with Crippen molar-refractivity contribution in [2.24, 2.45) is 0 Å². The average Bonchev–Trinajstić information content (AvgIpc) is 2.66. The van der Waals surface area contributed by atoms with Crippen LogP contribution in [0.25, 0.3) is 22.3 Å². The molecule has 1 heterocycles. The Morgan fingerprint density at radius 3 is 2.62 bits per heavy atom. The monoisotopic (exact) mass is 426 g/mol. The number of carbonyl (C=O) groups is 1. The second kappa shape index (κ2) is 8.16. The van der Waals surface area contributed by atoms with Crippen LogP contribution in [0.4, 0.5) is 13.2 Å². The zero-order valence-corrected chi connectivity index (χ0v) is 15.8. The Bertz CT molecular complexity index is 1120. The molecule has 0 amide bonds. The van der Waals surface area contributed by atoms with Crippen molar-refractivity contribution in [1.29, 1.82) is 0 Å². The molecule has 0 N–H and O–H groups in total. The van der Waals surface area contributed by atoms with Gasteiger partial charge in [0.05, 0.1) is 22.6 Å². The number of halogens is 4. The fraction of sp³-hybridized carbons (Fsp3) is 0.200. The Hall–Kier alpha value is -3.00. The smallest absolute Gasteiger partial charge is 0.419 e. The second-order valence-electron chi connectivity index (χ2n) is 5.89. The SMILES string of the molecule is CCOC(=O)COc1cc(-c2cc(=O)c3cccc(Cl)c3o2)ccc1C(F)(F)F. The normalized spacial score (nSPS) is 11.5. The van der Waals surface area contributed by atoms with Gasteiger partial charge < -0.3 is 13.9 Å². The van der Waals surface area contributed by atoms with Crippen LogP contribution in [-0.4, -0.2) is 19.2 Å². The van der Waals surface area contributed by atoms with E-state index in [1.165, 1.54) is 12.1 Å². The van der Waals surface area contributed by atoms with E-state index in [4.69, 9.17) is 20.8 Å². The van der Waals surface area contributed by atoms with Crippen molar-refractivity contribution in [3.05, 3.63) is 63.3 Å². The largest absolute Gasteiger partial charge is 0.481 e. The lowest BCUT2D eigenvalue weighted by atomic mass is 10.1. The number of alkyl halides is 3. The van der Waals surface area contributed by atoms with Gasteiger partial charge >= 0.3 is 12.1 Å². The number of benzene rings is 2. The summed E-state index contributed by atoms with van der Waals surface area (Å²) >= 11 is 6.06. The Morgan fingerprint density at radius 2 is 1.93 bits per heavy atom. The highest BCUT2D eigenvalue weighted by atomic mass is 35.5. The van der Waals surface area contributed by atoms with Gasteiger partial charge in [0.2, 0.25) is 0 Å². The Labute approximate surface area is 167 Å². The van der Waals surface area contributed by atoms with Crippen molar-refractivity contribution in [2.45, 2.75) is 13.1 Å². The minimum absolute atomic E-state index is 0.00492. The minimum atomic E-state index is -4.71. The Balaban J connectivity index is 2.07. The lowest BCUT2D eigenvalue weighted by molar-refractivity contribution is -0.147. The number of para-hydroxylation sites is 1. The zero-order valence-electron chi connectivity index (χ0n) is 15.0.